The van der Waals surface area contributed by atoms with Crippen molar-refractivity contribution in [3.05, 3.63) is 0 Å². The van der Waals surface area contributed by atoms with Crippen LogP contribution in [0.5, 0.6) is 0 Å². The number of hydrogen-bond donors (Lipinski definition) is 1. The lowest BCUT2D eigenvalue weighted by Crippen LogP contribution is -2.39. The van der Waals surface area contributed by atoms with Gasteiger partial charge in [-0.25, -0.2) is 0 Å². The fourth-order valence-corrected chi connectivity index (χ4v) is 1.89. The first kappa shape index (κ1) is 12.0. The van der Waals surface area contributed by atoms with Crippen LogP contribution in [0.2, 0.25) is 0 Å². The van der Waals surface area contributed by atoms with Gasteiger partial charge in [0.25, 0.3) is 0 Å². The summed E-state index contributed by atoms with van der Waals surface area (Å²) >= 11 is 0. The van der Waals surface area contributed by atoms with Crippen LogP contribution >= 0.6 is 0 Å². The molecule has 4 nitrogen and oxygen atoms in total. The molecule has 4 heteroatoms. The molecule has 1 aliphatic rings. The van der Waals surface area contributed by atoms with Gasteiger partial charge in [-0.1, -0.05) is 6.92 Å². The largest absolute Gasteiger partial charge is 0.377 e. The number of amides is 1. The molecule has 1 fully saturated rings. The Labute approximate surface area is 90.6 Å². The molecule has 0 aromatic carbocycles. The first-order valence-corrected chi connectivity index (χ1v) is 5.48. The maximum atomic E-state index is 11.8. The molecule has 0 radical (unpaired) electrons. The molecular formula is C11H18N2O2. The van der Waals surface area contributed by atoms with Gasteiger partial charge in [-0.3, -0.25) is 4.79 Å². The van der Waals surface area contributed by atoms with Gasteiger partial charge in [0, 0.05) is 12.6 Å². The molecule has 1 aliphatic heterocycles. The van der Waals surface area contributed by atoms with Gasteiger partial charge < -0.3 is 10.1 Å². The van der Waals surface area contributed by atoms with Crippen LogP contribution in [0.4, 0.5) is 0 Å². The van der Waals surface area contributed by atoms with E-state index in [1.165, 1.54) is 0 Å². The molecule has 1 amide bonds. The molecule has 0 aromatic rings. The zero-order valence-corrected chi connectivity index (χ0v) is 9.32. The lowest BCUT2D eigenvalue weighted by molar-refractivity contribution is -0.127. The lowest BCUT2D eigenvalue weighted by atomic mass is 9.98. The summed E-state index contributed by atoms with van der Waals surface area (Å²) in [6, 6.07) is 1.97. The van der Waals surface area contributed by atoms with Crippen LogP contribution in [-0.2, 0) is 9.53 Å². The predicted molar refractivity (Wildman–Crippen MR) is 56.0 cm³/mol. The highest BCUT2D eigenvalue weighted by Gasteiger charge is 2.32. The normalized spacial score (nSPS) is 27.0. The molecule has 1 heterocycles. The van der Waals surface area contributed by atoms with Crippen molar-refractivity contribution < 1.29 is 9.53 Å². The summed E-state index contributed by atoms with van der Waals surface area (Å²) in [5.41, 5.74) is 0. The second kappa shape index (κ2) is 5.72. The summed E-state index contributed by atoms with van der Waals surface area (Å²) in [5.74, 6) is -0.00163. The monoisotopic (exact) mass is 210 g/mol. The number of ether oxygens (including phenoxy) is 1. The maximum Gasteiger partial charge on any atom is 0.226 e. The number of rotatable bonds is 4. The smallest absolute Gasteiger partial charge is 0.226 e. The van der Waals surface area contributed by atoms with Crippen molar-refractivity contribution in [1.29, 1.82) is 5.26 Å². The first-order chi connectivity index (χ1) is 7.19. The van der Waals surface area contributed by atoms with Gasteiger partial charge in [0.2, 0.25) is 5.91 Å². The van der Waals surface area contributed by atoms with Gasteiger partial charge in [-0.15, -0.1) is 0 Å². The molecule has 0 spiro atoms. The average molecular weight is 210 g/mol. The highest BCUT2D eigenvalue weighted by Crippen LogP contribution is 2.23. The van der Waals surface area contributed by atoms with Crippen molar-refractivity contribution in [3.63, 3.8) is 0 Å². The summed E-state index contributed by atoms with van der Waals surface area (Å²) in [4.78, 5) is 11.8. The van der Waals surface area contributed by atoms with Crippen LogP contribution < -0.4 is 5.32 Å². The van der Waals surface area contributed by atoms with Gasteiger partial charge >= 0.3 is 0 Å². The van der Waals surface area contributed by atoms with Crippen molar-refractivity contribution in [2.75, 3.05) is 6.61 Å². The fourth-order valence-electron chi connectivity index (χ4n) is 1.89. The van der Waals surface area contributed by atoms with E-state index >= 15 is 0 Å². The predicted octanol–water partition coefficient (Wildman–Crippen LogP) is 1.22. The van der Waals surface area contributed by atoms with Crippen LogP contribution in [0.15, 0.2) is 0 Å². The van der Waals surface area contributed by atoms with Crippen molar-refractivity contribution >= 4 is 5.91 Å². The van der Waals surface area contributed by atoms with Crippen molar-refractivity contribution in [2.45, 2.75) is 45.3 Å². The third-order valence-electron chi connectivity index (χ3n) is 2.73. The van der Waals surface area contributed by atoms with Crippen LogP contribution in [0.25, 0.3) is 0 Å². The van der Waals surface area contributed by atoms with E-state index in [-0.39, 0.29) is 24.0 Å². The van der Waals surface area contributed by atoms with Gasteiger partial charge in [0.15, 0.2) is 0 Å². The van der Waals surface area contributed by atoms with Crippen LogP contribution in [-0.4, -0.2) is 24.7 Å². The summed E-state index contributed by atoms with van der Waals surface area (Å²) in [6.07, 6.45) is 2.07. The minimum Gasteiger partial charge on any atom is -0.377 e. The molecule has 0 aliphatic carbocycles. The van der Waals surface area contributed by atoms with Gasteiger partial charge in [-0.2, -0.15) is 5.26 Å². The SMILES string of the molecule is CCC1OCCC1C(=O)NC(C)CC#N. The number of nitrogens with one attached hydrogen (secondary N) is 1. The quantitative estimate of drug-likeness (QED) is 0.758. The molecule has 1 rings (SSSR count). The van der Waals surface area contributed by atoms with Crippen molar-refractivity contribution in [3.8, 4) is 6.07 Å². The third kappa shape index (κ3) is 3.21. The Bertz CT molecular complexity index is 260. The summed E-state index contributed by atoms with van der Waals surface area (Å²) in [7, 11) is 0. The molecule has 84 valence electrons. The standard InChI is InChI=1S/C11H18N2O2/c1-3-10-9(5-7-15-10)11(14)13-8(2)4-6-12/h8-10H,3-5,7H2,1-2H3,(H,13,14). The molecule has 3 atom stereocenters. The van der Waals surface area contributed by atoms with Crippen LogP contribution in [0.1, 0.15) is 33.1 Å². The molecule has 0 saturated carbocycles. The number of nitrogens with zero attached hydrogens (tertiary/aromatic N) is 1. The molecule has 0 aromatic heterocycles. The number of carbonyl (C=O) groups is 1. The van der Waals surface area contributed by atoms with E-state index in [0.29, 0.717) is 13.0 Å². The lowest BCUT2D eigenvalue weighted by Gasteiger charge is -2.18. The highest BCUT2D eigenvalue weighted by atomic mass is 16.5. The minimum absolute atomic E-state index is 0.0297. The summed E-state index contributed by atoms with van der Waals surface area (Å²) in [5, 5.41) is 11.3. The Morgan fingerprint density at radius 2 is 2.47 bits per heavy atom. The van der Waals surface area contributed by atoms with E-state index in [4.69, 9.17) is 10.00 Å². The fraction of sp³-hybridized carbons (Fsp3) is 0.818. The first-order valence-electron chi connectivity index (χ1n) is 5.48. The Morgan fingerprint density at radius 3 is 3.07 bits per heavy atom. The zero-order chi connectivity index (χ0) is 11.3. The topological polar surface area (TPSA) is 62.1 Å². The Morgan fingerprint density at radius 1 is 1.73 bits per heavy atom. The maximum absolute atomic E-state index is 11.8. The molecule has 1 saturated heterocycles. The van der Waals surface area contributed by atoms with E-state index in [0.717, 1.165) is 12.8 Å². The van der Waals surface area contributed by atoms with E-state index in [9.17, 15) is 4.79 Å². The van der Waals surface area contributed by atoms with Gasteiger partial charge in [-0.05, 0) is 19.8 Å². The molecule has 3 unspecified atom stereocenters. The van der Waals surface area contributed by atoms with Crippen molar-refractivity contribution in [2.24, 2.45) is 5.92 Å². The molecular weight excluding hydrogens is 192 g/mol. The molecule has 0 bridgehead atoms. The molecule has 15 heavy (non-hydrogen) atoms. The molecule has 1 N–H and O–H groups in total. The van der Waals surface area contributed by atoms with Crippen LogP contribution in [0.3, 0.4) is 0 Å². The second-order valence-corrected chi connectivity index (χ2v) is 3.98. The van der Waals surface area contributed by atoms with E-state index in [1.807, 2.05) is 19.9 Å². The highest BCUT2D eigenvalue weighted by molar-refractivity contribution is 5.79. The Kier molecular flexibility index (Phi) is 4.57. The minimum atomic E-state index is -0.0689. The summed E-state index contributed by atoms with van der Waals surface area (Å²) in [6.45, 7) is 4.54. The van der Waals surface area contributed by atoms with Gasteiger partial charge in [0.05, 0.1) is 24.5 Å². The van der Waals surface area contributed by atoms with E-state index < -0.39 is 0 Å². The number of carbonyl (C=O) groups excluding carboxylic acids is 1. The van der Waals surface area contributed by atoms with E-state index in [2.05, 4.69) is 5.32 Å². The van der Waals surface area contributed by atoms with Gasteiger partial charge in [0.1, 0.15) is 0 Å². The Hall–Kier alpha value is -1.08. The number of hydrogen-bond acceptors (Lipinski definition) is 3. The third-order valence-corrected chi connectivity index (χ3v) is 2.73. The zero-order valence-electron chi connectivity index (χ0n) is 9.32. The average Bonchev–Trinajstić information content (AvgIpc) is 2.65. The summed E-state index contributed by atoms with van der Waals surface area (Å²) < 4.78 is 5.45. The van der Waals surface area contributed by atoms with Crippen LogP contribution in [0, 0.1) is 17.2 Å². The second-order valence-electron chi connectivity index (χ2n) is 3.98. The van der Waals surface area contributed by atoms with Crippen molar-refractivity contribution in [1.82, 2.24) is 5.32 Å². The van der Waals surface area contributed by atoms with E-state index in [1.54, 1.807) is 0 Å². The number of nitriles is 1. The Balaban J connectivity index is 2.43.